The van der Waals surface area contributed by atoms with E-state index in [0.29, 0.717) is 37.7 Å². The largest absolute Gasteiger partial charge is 0.493 e. The van der Waals surface area contributed by atoms with Crippen LogP contribution in [0.4, 0.5) is 10.5 Å². The molecule has 0 N–H and O–H groups in total. The minimum Gasteiger partial charge on any atom is -0.493 e. The van der Waals surface area contributed by atoms with Gasteiger partial charge in [-0.05, 0) is 67.3 Å². The number of carbonyl (C=O) groups excluding carboxylic acids is 2. The quantitative estimate of drug-likeness (QED) is 0.332. The number of likely N-dealkylation sites (N-methyl/N-ethyl adjacent to an activating group) is 1. The van der Waals surface area contributed by atoms with E-state index in [9.17, 15) is 9.59 Å². The highest BCUT2D eigenvalue weighted by Gasteiger charge is 2.31. The Balaban J connectivity index is 1.28. The predicted molar refractivity (Wildman–Crippen MR) is 151 cm³/mol. The molecule has 1 aromatic carbocycles. The first-order valence-corrected chi connectivity index (χ1v) is 13.9. The summed E-state index contributed by atoms with van der Waals surface area (Å²) in [4.78, 5) is 35.7. The molecule has 208 valence electrons. The minimum atomic E-state index is -0.0349. The summed E-state index contributed by atoms with van der Waals surface area (Å²) in [6.07, 6.45) is 8.04. The van der Waals surface area contributed by atoms with Crippen molar-refractivity contribution in [3.8, 4) is 11.5 Å². The molecule has 0 unspecified atom stereocenters. The van der Waals surface area contributed by atoms with Crippen LogP contribution in [0.2, 0.25) is 0 Å². The van der Waals surface area contributed by atoms with E-state index in [2.05, 4.69) is 11.9 Å². The summed E-state index contributed by atoms with van der Waals surface area (Å²) < 4.78 is 13.5. The summed E-state index contributed by atoms with van der Waals surface area (Å²) in [5.74, 6) is 3.05. The van der Waals surface area contributed by atoms with Crippen molar-refractivity contribution in [3.05, 3.63) is 48.3 Å². The molecule has 39 heavy (non-hydrogen) atoms. The van der Waals surface area contributed by atoms with Gasteiger partial charge in [0.1, 0.15) is 12.2 Å². The molecule has 1 saturated heterocycles. The lowest BCUT2D eigenvalue weighted by Gasteiger charge is -2.36. The predicted octanol–water partition coefficient (Wildman–Crippen LogP) is 4.78. The number of methoxy groups -OCH3 is 1. The summed E-state index contributed by atoms with van der Waals surface area (Å²) in [6.45, 7) is 4.97. The molecule has 5 rings (SSSR count). The normalized spacial score (nSPS) is 18.9. The zero-order valence-electron chi connectivity index (χ0n) is 23.4. The maximum absolute atomic E-state index is 13.6. The Kier molecular flexibility index (Phi) is 7.95. The first kappa shape index (κ1) is 26.8. The molecule has 1 aliphatic heterocycles. The van der Waals surface area contributed by atoms with Crippen LogP contribution >= 0.6 is 0 Å². The van der Waals surface area contributed by atoms with Crippen LogP contribution in [0.15, 0.2) is 42.7 Å². The van der Waals surface area contributed by atoms with Crippen molar-refractivity contribution in [2.24, 2.45) is 11.8 Å². The van der Waals surface area contributed by atoms with Gasteiger partial charge in [-0.3, -0.25) is 9.69 Å². The second-order valence-corrected chi connectivity index (χ2v) is 10.9. The van der Waals surface area contributed by atoms with E-state index < -0.39 is 0 Å². The second-order valence-electron chi connectivity index (χ2n) is 10.9. The Morgan fingerprint density at radius 2 is 1.97 bits per heavy atom. The van der Waals surface area contributed by atoms with E-state index in [0.717, 1.165) is 47.0 Å². The molecule has 1 aliphatic carbocycles. The molecule has 3 amide bonds. The number of pyridine rings is 1. The van der Waals surface area contributed by atoms with Crippen molar-refractivity contribution in [2.45, 2.75) is 45.7 Å². The molecule has 9 nitrogen and oxygen atoms in total. The lowest BCUT2D eigenvalue weighted by molar-refractivity contribution is -0.129. The molecule has 0 spiro atoms. The second kappa shape index (κ2) is 11.6. The van der Waals surface area contributed by atoms with Gasteiger partial charge in [-0.1, -0.05) is 6.92 Å². The third-order valence-electron chi connectivity index (χ3n) is 7.94. The molecular weight excluding hydrogens is 494 g/mol. The average Bonchev–Trinajstić information content (AvgIpc) is 3.48. The molecule has 0 bridgehead atoms. The van der Waals surface area contributed by atoms with Gasteiger partial charge < -0.3 is 23.8 Å². The van der Waals surface area contributed by atoms with Crippen LogP contribution in [-0.4, -0.2) is 72.2 Å². The number of aromatic nitrogens is 2. The van der Waals surface area contributed by atoms with Crippen molar-refractivity contribution in [2.75, 3.05) is 45.8 Å². The van der Waals surface area contributed by atoms with Gasteiger partial charge in [0.25, 0.3) is 0 Å². The van der Waals surface area contributed by atoms with Crippen molar-refractivity contribution in [1.82, 2.24) is 19.4 Å². The zero-order chi connectivity index (χ0) is 27.5. The van der Waals surface area contributed by atoms with Crippen LogP contribution in [0.3, 0.4) is 0 Å². The van der Waals surface area contributed by atoms with Gasteiger partial charge in [-0.25, -0.2) is 9.78 Å². The molecule has 2 atom stereocenters. The van der Waals surface area contributed by atoms with Crippen molar-refractivity contribution in [1.29, 1.82) is 0 Å². The number of hydrogen-bond donors (Lipinski definition) is 0. The number of rotatable bonds is 11. The molecule has 2 aliphatic rings. The number of urea groups is 1. The number of benzene rings is 1. The van der Waals surface area contributed by atoms with Gasteiger partial charge in [0.2, 0.25) is 5.91 Å². The lowest BCUT2D eigenvalue weighted by Crippen LogP contribution is -2.49. The first-order chi connectivity index (χ1) is 18.9. The van der Waals surface area contributed by atoms with Crippen molar-refractivity contribution >= 4 is 28.7 Å². The number of anilines is 1. The van der Waals surface area contributed by atoms with Crippen LogP contribution in [0, 0.1) is 11.8 Å². The van der Waals surface area contributed by atoms with Crippen molar-refractivity contribution < 1.29 is 19.1 Å². The van der Waals surface area contributed by atoms with E-state index in [1.165, 1.54) is 12.8 Å². The Hall–Kier alpha value is -3.75. The van der Waals surface area contributed by atoms with Gasteiger partial charge in [0.05, 0.1) is 13.7 Å². The average molecular weight is 534 g/mol. The van der Waals surface area contributed by atoms with Crippen LogP contribution in [0.1, 0.15) is 38.2 Å². The van der Waals surface area contributed by atoms with Gasteiger partial charge in [-0.15, -0.1) is 0 Å². The highest BCUT2D eigenvalue weighted by atomic mass is 16.5. The third kappa shape index (κ3) is 5.97. The number of hydrogen-bond acceptors (Lipinski definition) is 5. The summed E-state index contributed by atoms with van der Waals surface area (Å²) in [6, 6.07) is 9.62. The first-order valence-electron chi connectivity index (χ1n) is 13.9. The number of carbonyl (C=O) groups is 2. The fourth-order valence-corrected chi connectivity index (χ4v) is 5.35. The molecule has 1 saturated carbocycles. The van der Waals surface area contributed by atoms with Gasteiger partial charge >= 0.3 is 6.03 Å². The van der Waals surface area contributed by atoms with Crippen LogP contribution < -0.4 is 14.4 Å². The summed E-state index contributed by atoms with van der Waals surface area (Å²) in [7, 11) is 5.13. The fraction of sp³-hybridized carbons (Fsp3) is 0.500. The topological polar surface area (TPSA) is 80.1 Å². The Labute approximate surface area is 230 Å². The zero-order valence-corrected chi connectivity index (χ0v) is 23.4. The maximum atomic E-state index is 13.6. The minimum absolute atomic E-state index is 0.00176. The number of fused-ring (bicyclic) bond motifs is 1. The third-order valence-corrected chi connectivity index (χ3v) is 7.94. The molecule has 2 aromatic heterocycles. The highest BCUT2D eigenvalue weighted by Crippen LogP contribution is 2.41. The molecule has 3 aromatic rings. The Morgan fingerprint density at radius 1 is 1.15 bits per heavy atom. The summed E-state index contributed by atoms with van der Waals surface area (Å²) in [5.41, 5.74) is 2.57. The van der Waals surface area contributed by atoms with Gasteiger partial charge in [0, 0.05) is 63.3 Å². The molecule has 2 fully saturated rings. The lowest BCUT2D eigenvalue weighted by atomic mass is 10.1. The highest BCUT2D eigenvalue weighted by molar-refractivity contribution is 5.93. The summed E-state index contributed by atoms with van der Waals surface area (Å²) in [5, 5.41) is 0.953. The SMILES string of the molecule is COc1ccc(N2CCCN(Cc3ccnc4c3ccn4CC(=O)N(C)C)C2=O)cc1OCCC[C@@H]1C[C@H]1C. The monoisotopic (exact) mass is 533 g/mol. The van der Waals surface area contributed by atoms with Crippen LogP contribution in [0.5, 0.6) is 11.5 Å². The van der Waals surface area contributed by atoms with E-state index in [-0.39, 0.29) is 18.5 Å². The maximum Gasteiger partial charge on any atom is 0.324 e. The Bertz CT molecular complexity index is 1340. The fourth-order valence-electron chi connectivity index (χ4n) is 5.35. The van der Waals surface area contributed by atoms with E-state index >= 15 is 0 Å². The van der Waals surface area contributed by atoms with E-state index in [1.54, 1.807) is 32.3 Å². The standard InChI is InChI=1S/C30H39N5O4/c1-21-17-22(21)7-5-16-39-27-18-24(8-9-26(27)38-4)35-14-6-13-34(30(35)37)19-23-10-12-31-29-25(23)11-15-33(29)20-28(36)32(2)3/h8-12,15,18,21-22H,5-7,13-14,16-17,19-20H2,1-4H3/t21-,22-/m1/s1. The Morgan fingerprint density at radius 3 is 2.72 bits per heavy atom. The van der Waals surface area contributed by atoms with Crippen LogP contribution in [-0.2, 0) is 17.9 Å². The molecule has 9 heteroatoms. The molecular formula is C30H39N5O4. The molecule has 3 heterocycles. The van der Waals surface area contributed by atoms with Gasteiger partial charge in [0.15, 0.2) is 11.5 Å². The summed E-state index contributed by atoms with van der Waals surface area (Å²) >= 11 is 0. The number of amides is 3. The van der Waals surface area contributed by atoms with Crippen LogP contribution in [0.25, 0.3) is 11.0 Å². The van der Waals surface area contributed by atoms with Gasteiger partial charge in [-0.2, -0.15) is 0 Å². The number of nitrogens with zero attached hydrogens (tertiary/aromatic N) is 5. The van der Waals surface area contributed by atoms with E-state index in [1.807, 2.05) is 50.9 Å². The number of ether oxygens (including phenoxy) is 2. The van der Waals surface area contributed by atoms with Crippen molar-refractivity contribution in [3.63, 3.8) is 0 Å². The smallest absolute Gasteiger partial charge is 0.324 e. The van der Waals surface area contributed by atoms with E-state index in [4.69, 9.17) is 9.47 Å². The molecule has 0 radical (unpaired) electrons.